The van der Waals surface area contributed by atoms with Crippen molar-refractivity contribution in [3.05, 3.63) is 29.3 Å². The highest BCUT2D eigenvalue weighted by molar-refractivity contribution is 5.95. The van der Waals surface area contributed by atoms with Gasteiger partial charge in [-0.3, -0.25) is 9.59 Å². The van der Waals surface area contributed by atoms with E-state index in [9.17, 15) is 14.7 Å². The van der Waals surface area contributed by atoms with Crippen molar-refractivity contribution < 1.29 is 19.8 Å². The van der Waals surface area contributed by atoms with E-state index in [1.807, 2.05) is 13.8 Å². The van der Waals surface area contributed by atoms with Gasteiger partial charge in [-0.1, -0.05) is 19.9 Å². The number of nitrogens with one attached hydrogen (secondary N) is 1. The third-order valence-electron chi connectivity index (χ3n) is 2.99. The molecule has 0 heterocycles. The van der Waals surface area contributed by atoms with Crippen LogP contribution in [0, 0.1) is 12.8 Å². The van der Waals surface area contributed by atoms with Crippen LogP contribution < -0.4 is 5.32 Å². The summed E-state index contributed by atoms with van der Waals surface area (Å²) in [4.78, 5) is 22.7. The predicted molar refractivity (Wildman–Crippen MR) is 71.2 cm³/mol. The average Bonchev–Trinajstić information content (AvgIpc) is 2.31. The van der Waals surface area contributed by atoms with E-state index in [0.717, 1.165) is 0 Å². The number of aromatic hydroxyl groups is 1. The van der Waals surface area contributed by atoms with Crippen molar-refractivity contribution in [3.8, 4) is 5.75 Å². The number of hydrogen-bond donors (Lipinski definition) is 3. The summed E-state index contributed by atoms with van der Waals surface area (Å²) in [7, 11) is 0. The zero-order valence-electron chi connectivity index (χ0n) is 11.3. The number of aliphatic carboxylic acids is 1. The van der Waals surface area contributed by atoms with Crippen LogP contribution in [0.25, 0.3) is 0 Å². The minimum absolute atomic E-state index is 0.0131. The Morgan fingerprint density at radius 3 is 2.42 bits per heavy atom. The number of carbonyl (C=O) groups excluding carboxylic acids is 1. The van der Waals surface area contributed by atoms with E-state index in [4.69, 9.17) is 5.11 Å². The van der Waals surface area contributed by atoms with Gasteiger partial charge in [-0.25, -0.2) is 0 Å². The number of carbonyl (C=O) groups is 2. The van der Waals surface area contributed by atoms with Crippen LogP contribution in [0.2, 0.25) is 0 Å². The van der Waals surface area contributed by atoms with Crippen LogP contribution in [-0.2, 0) is 4.79 Å². The number of carboxylic acids is 1. The van der Waals surface area contributed by atoms with E-state index in [1.165, 1.54) is 6.07 Å². The zero-order chi connectivity index (χ0) is 14.6. The van der Waals surface area contributed by atoms with Crippen molar-refractivity contribution >= 4 is 11.9 Å². The highest BCUT2D eigenvalue weighted by Crippen LogP contribution is 2.18. The lowest BCUT2D eigenvalue weighted by Gasteiger charge is -2.20. The Morgan fingerprint density at radius 1 is 1.32 bits per heavy atom. The number of amides is 1. The molecule has 1 rings (SSSR count). The number of rotatable bonds is 5. The van der Waals surface area contributed by atoms with E-state index in [1.54, 1.807) is 19.1 Å². The van der Waals surface area contributed by atoms with Crippen molar-refractivity contribution in [2.24, 2.45) is 5.92 Å². The van der Waals surface area contributed by atoms with Gasteiger partial charge in [-0.05, 0) is 30.5 Å². The summed E-state index contributed by atoms with van der Waals surface area (Å²) < 4.78 is 0. The van der Waals surface area contributed by atoms with Gasteiger partial charge < -0.3 is 15.5 Å². The van der Waals surface area contributed by atoms with E-state index in [-0.39, 0.29) is 24.0 Å². The van der Waals surface area contributed by atoms with Gasteiger partial charge in [0.25, 0.3) is 5.91 Å². The topological polar surface area (TPSA) is 86.6 Å². The number of benzene rings is 1. The minimum atomic E-state index is -0.953. The maximum atomic E-state index is 12.0. The van der Waals surface area contributed by atoms with Gasteiger partial charge in [-0.2, -0.15) is 0 Å². The molecule has 1 aromatic carbocycles. The first-order valence-corrected chi connectivity index (χ1v) is 6.13. The standard InChI is InChI=1S/C14H19NO4/c1-8(2)11(7-13(17)18)15-14(19)10-5-4-9(3)12(16)6-10/h4-6,8,11,16H,7H2,1-3H3,(H,15,19)(H,17,18). The molecular weight excluding hydrogens is 246 g/mol. The molecule has 3 N–H and O–H groups in total. The number of phenols is 1. The second-order valence-corrected chi connectivity index (χ2v) is 4.92. The van der Waals surface area contributed by atoms with Gasteiger partial charge >= 0.3 is 5.97 Å². The number of aryl methyl sites for hydroxylation is 1. The fourth-order valence-corrected chi connectivity index (χ4v) is 1.64. The van der Waals surface area contributed by atoms with Crippen molar-refractivity contribution in [2.75, 3.05) is 0 Å². The highest BCUT2D eigenvalue weighted by atomic mass is 16.4. The first-order chi connectivity index (χ1) is 8.81. The molecule has 1 amide bonds. The monoisotopic (exact) mass is 265 g/mol. The molecule has 0 radical (unpaired) electrons. The molecule has 1 atom stereocenters. The largest absolute Gasteiger partial charge is 0.508 e. The Balaban J connectivity index is 2.81. The normalized spacial score (nSPS) is 12.2. The molecule has 0 spiro atoms. The van der Waals surface area contributed by atoms with E-state index >= 15 is 0 Å². The van der Waals surface area contributed by atoms with Gasteiger partial charge in [-0.15, -0.1) is 0 Å². The molecule has 104 valence electrons. The second-order valence-electron chi connectivity index (χ2n) is 4.92. The van der Waals surface area contributed by atoms with Gasteiger partial charge in [0, 0.05) is 11.6 Å². The SMILES string of the molecule is Cc1ccc(C(=O)NC(CC(=O)O)C(C)C)cc1O. The van der Waals surface area contributed by atoms with Crippen LogP contribution >= 0.6 is 0 Å². The molecule has 0 saturated heterocycles. The van der Waals surface area contributed by atoms with Crippen molar-refractivity contribution in [1.82, 2.24) is 5.32 Å². The Labute approximate surface area is 112 Å². The smallest absolute Gasteiger partial charge is 0.305 e. The van der Waals surface area contributed by atoms with Gasteiger partial charge in [0.1, 0.15) is 5.75 Å². The molecule has 0 aromatic heterocycles. The number of hydrogen-bond acceptors (Lipinski definition) is 3. The summed E-state index contributed by atoms with van der Waals surface area (Å²) in [5.74, 6) is -1.27. The van der Waals surface area contributed by atoms with Crippen molar-refractivity contribution in [1.29, 1.82) is 0 Å². The molecule has 0 aliphatic carbocycles. The van der Waals surface area contributed by atoms with Gasteiger partial charge in [0.05, 0.1) is 6.42 Å². The molecule has 0 fully saturated rings. The lowest BCUT2D eigenvalue weighted by molar-refractivity contribution is -0.137. The minimum Gasteiger partial charge on any atom is -0.508 e. The summed E-state index contributed by atoms with van der Waals surface area (Å²) in [5.41, 5.74) is 1.00. The molecule has 1 aromatic rings. The Morgan fingerprint density at radius 2 is 1.95 bits per heavy atom. The average molecular weight is 265 g/mol. The highest BCUT2D eigenvalue weighted by Gasteiger charge is 2.20. The van der Waals surface area contributed by atoms with Crippen LogP contribution in [0.3, 0.4) is 0 Å². The molecule has 19 heavy (non-hydrogen) atoms. The Hall–Kier alpha value is -2.04. The fourth-order valence-electron chi connectivity index (χ4n) is 1.64. The van der Waals surface area contributed by atoms with E-state index < -0.39 is 12.0 Å². The Kier molecular flexibility index (Phi) is 4.92. The molecule has 0 bridgehead atoms. The summed E-state index contributed by atoms with van der Waals surface area (Å²) >= 11 is 0. The van der Waals surface area contributed by atoms with E-state index in [2.05, 4.69) is 5.32 Å². The van der Waals surface area contributed by atoms with Crippen LogP contribution in [0.1, 0.15) is 36.2 Å². The summed E-state index contributed by atoms with van der Waals surface area (Å²) in [6.45, 7) is 5.43. The van der Waals surface area contributed by atoms with E-state index in [0.29, 0.717) is 11.1 Å². The molecular formula is C14H19NO4. The van der Waals surface area contributed by atoms with Gasteiger partial charge in [0.2, 0.25) is 0 Å². The van der Waals surface area contributed by atoms with Crippen LogP contribution in [0.5, 0.6) is 5.75 Å². The maximum Gasteiger partial charge on any atom is 0.305 e. The molecule has 0 saturated carbocycles. The first-order valence-electron chi connectivity index (χ1n) is 6.13. The lowest BCUT2D eigenvalue weighted by Crippen LogP contribution is -2.40. The fraction of sp³-hybridized carbons (Fsp3) is 0.429. The molecule has 1 unspecified atom stereocenters. The molecule has 5 nitrogen and oxygen atoms in total. The van der Waals surface area contributed by atoms with Crippen LogP contribution in [0.15, 0.2) is 18.2 Å². The summed E-state index contributed by atoms with van der Waals surface area (Å²) in [6.07, 6.45) is -0.124. The second kappa shape index (κ2) is 6.22. The Bertz CT molecular complexity index is 482. The molecule has 0 aliphatic heterocycles. The van der Waals surface area contributed by atoms with Crippen molar-refractivity contribution in [2.45, 2.75) is 33.2 Å². The van der Waals surface area contributed by atoms with Crippen molar-refractivity contribution in [3.63, 3.8) is 0 Å². The third kappa shape index (κ3) is 4.28. The summed E-state index contributed by atoms with van der Waals surface area (Å²) in [6, 6.07) is 4.19. The maximum absolute atomic E-state index is 12.0. The number of phenolic OH excluding ortho intramolecular Hbond substituents is 1. The predicted octanol–water partition coefficient (Wildman–Crippen LogP) is 1.93. The third-order valence-corrected chi connectivity index (χ3v) is 2.99. The van der Waals surface area contributed by atoms with Crippen LogP contribution in [0.4, 0.5) is 0 Å². The first kappa shape index (κ1) is 15.0. The summed E-state index contributed by atoms with van der Waals surface area (Å²) in [5, 5.41) is 21.0. The lowest BCUT2D eigenvalue weighted by atomic mass is 10.0. The van der Waals surface area contributed by atoms with Gasteiger partial charge in [0.15, 0.2) is 0 Å². The molecule has 5 heteroatoms. The zero-order valence-corrected chi connectivity index (χ0v) is 11.3. The number of carboxylic acid groups (broad SMARTS) is 1. The molecule has 0 aliphatic rings. The van der Waals surface area contributed by atoms with Crippen LogP contribution in [-0.4, -0.2) is 28.1 Å². The quantitative estimate of drug-likeness (QED) is 0.759.